The van der Waals surface area contributed by atoms with E-state index in [4.69, 9.17) is 10.00 Å². The van der Waals surface area contributed by atoms with Gasteiger partial charge in [0.25, 0.3) is 0 Å². The number of hydrogen-bond donors (Lipinski definition) is 0. The highest BCUT2D eigenvalue weighted by atomic mass is 16.5. The van der Waals surface area contributed by atoms with Crippen LogP contribution in [-0.2, 0) is 4.79 Å². The van der Waals surface area contributed by atoms with E-state index in [1.165, 1.54) is 6.92 Å². The average molecular weight is 187 g/mol. The summed E-state index contributed by atoms with van der Waals surface area (Å²) < 4.78 is 4.84. The van der Waals surface area contributed by atoms with Crippen molar-refractivity contribution in [3.05, 3.63) is 35.9 Å². The molecule has 0 aliphatic carbocycles. The molecular formula is C11H9NO2. The van der Waals surface area contributed by atoms with E-state index < -0.39 is 5.97 Å². The Morgan fingerprint density at radius 3 is 2.86 bits per heavy atom. The lowest BCUT2D eigenvalue weighted by Crippen LogP contribution is -2.02. The van der Waals surface area contributed by atoms with Gasteiger partial charge in [0.1, 0.15) is 11.8 Å². The number of ether oxygens (including phenoxy) is 1. The third kappa shape index (κ3) is 2.20. The largest absolute Gasteiger partial charge is 0.425 e. The monoisotopic (exact) mass is 187 g/mol. The van der Waals surface area contributed by atoms with Crippen molar-refractivity contribution in [1.82, 2.24) is 0 Å². The second-order valence-corrected chi connectivity index (χ2v) is 2.67. The van der Waals surface area contributed by atoms with Crippen LogP contribution < -0.4 is 4.74 Å². The summed E-state index contributed by atoms with van der Waals surface area (Å²) in [5.74, 6) is -0.154. The number of carbonyl (C=O) groups excluding carboxylic acids is 1. The van der Waals surface area contributed by atoms with Crippen LogP contribution >= 0.6 is 0 Å². The van der Waals surface area contributed by atoms with Gasteiger partial charge in [-0.3, -0.25) is 4.79 Å². The zero-order chi connectivity index (χ0) is 10.6. The molecule has 3 nitrogen and oxygen atoms in total. The van der Waals surface area contributed by atoms with Gasteiger partial charge in [-0.1, -0.05) is 18.7 Å². The molecule has 1 rings (SSSR count). The minimum Gasteiger partial charge on any atom is -0.425 e. The summed E-state index contributed by atoms with van der Waals surface area (Å²) in [5, 5.41) is 8.78. The highest BCUT2D eigenvalue weighted by Gasteiger charge is 2.05. The maximum Gasteiger partial charge on any atom is 0.308 e. The molecule has 0 aliphatic rings. The maximum absolute atomic E-state index is 10.7. The predicted octanol–water partition coefficient (Wildman–Crippen LogP) is 2.13. The molecule has 0 amide bonds. The molecule has 0 aliphatic heterocycles. The number of nitriles is 1. The van der Waals surface area contributed by atoms with Crippen molar-refractivity contribution in [3.8, 4) is 11.8 Å². The lowest BCUT2D eigenvalue weighted by atomic mass is 10.1. The zero-order valence-electron chi connectivity index (χ0n) is 7.78. The van der Waals surface area contributed by atoms with Crippen LogP contribution in [-0.4, -0.2) is 5.97 Å². The van der Waals surface area contributed by atoms with Crippen LogP contribution in [0.25, 0.3) is 6.08 Å². The molecule has 1 aromatic carbocycles. The van der Waals surface area contributed by atoms with Crippen molar-refractivity contribution in [3.63, 3.8) is 0 Å². The summed E-state index contributed by atoms with van der Waals surface area (Å²) in [6, 6.07) is 6.88. The first-order chi connectivity index (χ1) is 6.67. The fraction of sp³-hybridized carbons (Fsp3) is 0.0909. The first-order valence-electron chi connectivity index (χ1n) is 4.02. The number of rotatable bonds is 2. The minimum atomic E-state index is -0.437. The molecule has 0 saturated heterocycles. The van der Waals surface area contributed by atoms with Gasteiger partial charge in [0.05, 0.1) is 5.56 Å². The van der Waals surface area contributed by atoms with Gasteiger partial charge in [0, 0.05) is 6.92 Å². The van der Waals surface area contributed by atoms with E-state index in [2.05, 4.69) is 6.58 Å². The van der Waals surface area contributed by atoms with Crippen LogP contribution in [0.1, 0.15) is 18.1 Å². The van der Waals surface area contributed by atoms with Crippen LogP contribution in [0.2, 0.25) is 0 Å². The number of benzene rings is 1. The smallest absolute Gasteiger partial charge is 0.308 e. The summed E-state index contributed by atoms with van der Waals surface area (Å²) >= 11 is 0. The molecule has 0 heterocycles. The molecule has 0 unspecified atom stereocenters. The number of nitrogens with zero attached hydrogens (tertiary/aromatic N) is 1. The van der Waals surface area contributed by atoms with Crippen LogP contribution in [0.15, 0.2) is 24.8 Å². The van der Waals surface area contributed by atoms with E-state index in [1.807, 2.05) is 6.07 Å². The van der Waals surface area contributed by atoms with Crippen LogP contribution in [0.3, 0.4) is 0 Å². The van der Waals surface area contributed by atoms with Crippen molar-refractivity contribution in [2.24, 2.45) is 0 Å². The summed E-state index contributed by atoms with van der Waals surface area (Å²) in [5.41, 5.74) is 1.15. The van der Waals surface area contributed by atoms with Crippen LogP contribution in [0, 0.1) is 11.3 Å². The van der Waals surface area contributed by atoms with E-state index in [9.17, 15) is 4.79 Å². The van der Waals surface area contributed by atoms with Gasteiger partial charge in [-0.05, 0) is 17.7 Å². The molecule has 1 aromatic rings. The Hall–Kier alpha value is -2.08. The van der Waals surface area contributed by atoms with E-state index in [1.54, 1.807) is 24.3 Å². The Bertz CT molecular complexity index is 416. The second kappa shape index (κ2) is 4.24. The summed E-state index contributed by atoms with van der Waals surface area (Å²) in [7, 11) is 0. The minimum absolute atomic E-state index is 0.283. The van der Waals surface area contributed by atoms with E-state index in [0.29, 0.717) is 5.56 Å². The lowest BCUT2D eigenvalue weighted by molar-refractivity contribution is -0.131. The van der Waals surface area contributed by atoms with Crippen molar-refractivity contribution in [2.75, 3.05) is 0 Å². The Morgan fingerprint density at radius 2 is 2.36 bits per heavy atom. The topological polar surface area (TPSA) is 50.1 Å². The van der Waals surface area contributed by atoms with Gasteiger partial charge in [-0.15, -0.1) is 0 Å². The molecule has 0 aromatic heterocycles. The molecule has 0 bridgehead atoms. The van der Waals surface area contributed by atoms with Crippen molar-refractivity contribution in [2.45, 2.75) is 6.92 Å². The predicted molar refractivity (Wildman–Crippen MR) is 52.6 cm³/mol. The lowest BCUT2D eigenvalue weighted by Gasteiger charge is -2.03. The van der Waals surface area contributed by atoms with Crippen molar-refractivity contribution in [1.29, 1.82) is 5.26 Å². The van der Waals surface area contributed by atoms with E-state index in [-0.39, 0.29) is 5.75 Å². The highest BCUT2D eigenvalue weighted by molar-refractivity contribution is 5.71. The van der Waals surface area contributed by atoms with Crippen molar-refractivity contribution >= 4 is 12.0 Å². The van der Waals surface area contributed by atoms with Crippen LogP contribution in [0.4, 0.5) is 0 Å². The van der Waals surface area contributed by atoms with Gasteiger partial charge in [-0.2, -0.15) is 5.26 Å². The third-order valence-electron chi connectivity index (χ3n) is 1.61. The molecule has 70 valence electrons. The fourth-order valence-corrected chi connectivity index (χ4v) is 1.01. The first-order valence-corrected chi connectivity index (χ1v) is 4.02. The zero-order valence-corrected chi connectivity index (χ0v) is 7.78. The number of carbonyl (C=O) groups is 1. The van der Waals surface area contributed by atoms with Gasteiger partial charge >= 0.3 is 5.97 Å². The Morgan fingerprint density at radius 1 is 1.64 bits per heavy atom. The molecule has 0 spiro atoms. The Balaban J connectivity index is 3.13. The summed E-state index contributed by atoms with van der Waals surface area (Å²) in [6.45, 7) is 4.87. The van der Waals surface area contributed by atoms with E-state index >= 15 is 0 Å². The SMILES string of the molecule is C=Cc1ccc(OC(C)=O)c(C#N)c1. The third-order valence-corrected chi connectivity index (χ3v) is 1.61. The van der Waals surface area contributed by atoms with Crippen LogP contribution in [0.5, 0.6) is 5.75 Å². The standard InChI is InChI=1S/C11H9NO2/c1-3-9-4-5-11(14-8(2)13)10(6-9)7-12/h3-6H,1H2,2H3. The highest BCUT2D eigenvalue weighted by Crippen LogP contribution is 2.19. The maximum atomic E-state index is 10.7. The number of hydrogen-bond acceptors (Lipinski definition) is 3. The second-order valence-electron chi connectivity index (χ2n) is 2.67. The molecule has 0 N–H and O–H groups in total. The molecule has 14 heavy (non-hydrogen) atoms. The van der Waals surface area contributed by atoms with Gasteiger partial charge in [0.2, 0.25) is 0 Å². The Kier molecular flexibility index (Phi) is 3.03. The fourth-order valence-electron chi connectivity index (χ4n) is 1.01. The van der Waals surface area contributed by atoms with Crippen molar-refractivity contribution < 1.29 is 9.53 Å². The summed E-state index contributed by atoms with van der Waals surface area (Å²) in [4.78, 5) is 10.7. The molecule has 0 fully saturated rings. The summed E-state index contributed by atoms with van der Waals surface area (Å²) in [6.07, 6.45) is 1.62. The molecule has 0 radical (unpaired) electrons. The Labute approximate surface area is 82.2 Å². The van der Waals surface area contributed by atoms with Gasteiger partial charge in [-0.25, -0.2) is 0 Å². The quantitative estimate of drug-likeness (QED) is 0.526. The first kappa shape index (κ1) is 10.0. The van der Waals surface area contributed by atoms with Gasteiger partial charge in [0.15, 0.2) is 0 Å². The molecule has 3 heteroatoms. The molecule has 0 saturated carbocycles. The average Bonchev–Trinajstić information content (AvgIpc) is 2.17. The van der Waals surface area contributed by atoms with Gasteiger partial charge < -0.3 is 4.74 Å². The number of esters is 1. The molecule has 0 atom stereocenters. The van der Waals surface area contributed by atoms with E-state index in [0.717, 1.165) is 5.56 Å². The normalized spacial score (nSPS) is 8.86. The molecular weight excluding hydrogens is 178 g/mol.